The van der Waals surface area contributed by atoms with Gasteiger partial charge in [-0.05, 0) is 91.8 Å². The van der Waals surface area contributed by atoms with Crippen molar-refractivity contribution in [3.05, 3.63) is 35.7 Å². The van der Waals surface area contributed by atoms with E-state index >= 15 is 0 Å². The molecule has 1 amide bonds. The average molecular weight is 618 g/mol. The first-order valence-corrected chi connectivity index (χ1v) is 19.0. The quantitative estimate of drug-likeness (QED) is 0.141. The number of fused-ring (bicyclic) bond motifs is 5. The number of amides is 1. The maximum atomic E-state index is 12.5. The van der Waals surface area contributed by atoms with Gasteiger partial charge in [0.2, 0.25) is 0 Å². The Labute approximate surface area is 262 Å². The van der Waals surface area contributed by atoms with Crippen LogP contribution in [0.15, 0.2) is 35.7 Å². The molecule has 4 aliphatic carbocycles. The summed E-state index contributed by atoms with van der Waals surface area (Å²) >= 11 is 0. The summed E-state index contributed by atoms with van der Waals surface area (Å²) in [6, 6.07) is 0. The number of alkyl carbamates (subject to hydrolysis) is 1. The molecule has 3 fully saturated rings. The fourth-order valence-corrected chi connectivity index (χ4v) is 9.80. The zero-order valence-electron chi connectivity index (χ0n) is 27.7. The third-order valence-electron chi connectivity index (χ3n) is 11.8. The van der Waals surface area contributed by atoms with Crippen LogP contribution in [0.2, 0.25) is 0 Å². The van der Waals surface area contributed by atoms with Gasteiger partial charge in [-0.3, -0.25) is 4.57 Å². The Morgan fingerprint density at radius 3 is 2.56 bits per heavy atom. The topological polar surface area (TPSA) is 84.9 Å². The number of rotatable bonds is 15. The molecule has 0 aromatic rings. The molecule has 0 aliphatic heterocycles. The SMILES string of the molecule is C=CP(=O)(O)OCCCCCCNC(=O)O[C@H]1CCC2(C)C(=CC=C3C2CCC2(C)C3CCC2[C@H](C)CCCC(C)C)C1. The normalized spacial score (nSPS) is 33.7. The predicted octanol–water partition coefficient (Wildman–Crippen LogP) is 9.95. The highest BCUT2D eigenvalue weighted by Crippen LogP contribution is 2.66. The summed E-state index contributed by atoms with van der Waals surface area (Å²) in [6.45, 7) is 16.5. The number of ether oxygens (including phenoxy) is 1. The van der Waals surface area contributed by atoms with E-state index in [-0.39, 0.29) is 24.2 Å². The zero-order chi connectivity index (χ0) is 31.3. The van der Waals surface area contributed by atoms with Crippen molar-refractivity contribution >= 4 is 13.7 Å². The molecule has 3 saturated carbocycles. The van der Waals surface area contributed by atoms with Gasteiger partial charge in [-0.25, -0.2) is 4.79 Å². The molecule has 0 heterocycles. The van der Waals surface area contributed by atoms with Crippen molar-refractivity contribution in [1.29, 1.82) is 0 Å². The predicted molar refractivity (Wildman–Crippen MR) is 176 cm³/mol. The molecule has 8 atom stereocenters. The van der Waals surface area contributed by atoms with Crippen LogP contribution in [0.4, 0.5) is 4.79 Å². The first-order chi connectivity index (χ1) is 20.4. The van der Waals surface area contributed by atoms with Crippen molar-refractivity contribution in [2.75, 3.05) is 13.2 Å². The third-order valence-corrected chi connectivity index (χ3v) is 12.9. The Kier molecular flexibility index (Phi) is 11.9. The summed E-state index contributed by atoms with van der Waals surface area (Å²) in [5.74, 6) is 4.81. The lowest BCUT2D eigenvalue weighted by Gasteiger charge is -2.55. The Morgan fingerprint density at radius 1 is 1.05 bits per heavy atom. The van der Waals surface area contributed by atoms with Crippen LogP contribution in [-0.4, -0.2) is 30.2 Å². The van der Waals surface area contributed by atoms with E-state index in [4.69, 9.17) is 9.26 Å². The summed E-state index contributed by atoms with van der Waals surface area (Å²) in [7, 11) is -3.62. The van der Waals surface area contributed by atoms with Gasteiger partial charge in [-0.1, -0.05) is 96.6 Å². The molecule has 0 spiro atoms. The van der Waals surface area contributed by atoms with Crippen LogP contribution >= 0.6 is 7.60 Å². The van der Waals surface area contributed by atoms with Crippen molar-refractivity contribution in [3.63, 3.8) is 0 Å². The Hall–Kier alpha value is -1.36. The molecular formula is C36H60NO5P. The van der Waals surface area contributed by atoms with E-state index in [1.165, 1.54) is 50.5 Å². The second kappa shape index (κ2) is 14.8. The summed E-state index contributed by atoms with van der Waals surface area (Å²) in [4.78, 5) is 21.9. The molecule has 0 aromatic heterocycles. The third kappa shape index (κ3) is 8.27. The van der Waals surface area contributed by atoms with Gasteiger partial charge in [0, 0.05) is 18.8 Å². The molecule has 4 aliphatic rings. The first-order valence-electron chi connectivity index (χ1n) is 17.4. The highest BCUT2D eigenvalue weighted by atomic mass is 31.2. The molecule has 244 valence electrons. The maximum Gasteiger partial charge on any atom is 0.407 e. The lowest BCUT2D eigenvalue weighted by molar-refractivity contribution is 0.0251. The fourth-order valence-electron chi connectivity index (χ4n) is 9.31. The smallest absolute Gasteiger partial charge is 0.407 e. The van der Waals surface area contributed by atoms with E-state index in [2.05, 4.69) is 58.7 Å². The molecular weight excluding hydrogens is 557 g/mol. The molecule has 0 aromatic carbocycles. The van der Waals surface area contributed by atoms with Crippen molar-refractivity contribution in [2.45, 2.75) is 131 Å². The highest BCUT2D eigenvalue weighted by Gasteiger charge is 2.57. The van der Waals surface area contributed by atoms with E-state index in [9.17, 15) is 14.3 Å². The molecule has 0 bridgehead atoms. The lowest BCUT2D eigenvalue weighted by Crippen LogP contribution is -2.47. The van der Waals surface area contributed by atoms with E-state index in [1.807, 2.05) is 0 Å². The van der Waals surface area contributed by atoms with Crippen LogP contribution in [0.3, 0.4) is 0 Å². The van der Waals surface area contributed by atoms with Crippen molar-refractivity contribution < 1.29 is 23.5 Å². The summed E-state index contributed by atoms with van der Waals surface area (Å²) in [6.07, 6.45) is 20.3. The number of carbonyl (C=O) groups excluding carboxylic acids is 1. The number of hydrogen-bond acceptors (Lipinski definition) is 4. The van der Waals surface area contributed by atoms with Crippen LogP contribution in [0.1, 0.15) is 125 Å². The minimum atomic E-state index is -3.62. The molecule has 7 heteroatoms. The Balaban J connectivity index is 1.24. The number of nitrogens with one attached hydrogen (secondary N) is 1. The van der Waals surface area contributed by atoms with Gasteiger partial charge in [0.05, 0.1) is 6.61 Å². The van der Waals surface area contributed by atoms with Gasteiger partial charge in [-0.15, -0.1) is 0 Å². The maximum absolute atomic E-state index is 12.5. The second-order valence-electron chi connectivity index (χ2n) is 15.1. The van der Waals surface area contributed by atoms with Crippen molar-refractivity contribution in [1.82, 2.24) is 5.32 Å². The Bertz CT molecular complexity index is 1080. The number of carbonyl (C=O) groups is 1. The summed E-state index contributed by atoms with van der Waals surface area (Å²) in [5.41, 5.74) is 3.87. The largest absolute Gasteiger partial charge is 0.446 e. The molecule has 0 saturated heterocycles. The van der Waals surface area contributed by atoms with Gasteiger partial charge in [0.15, 0.2) is 0 Å². The molecule has 6 nitrogen and oxygen atoms in total. The average Bonchev–Trinajstić information content (AvgIpc) is 3.31. The monoisotopic (exact) mass is 617 g/mol. The second-order valence-corrected chi connectivity index (χ2v) is 16.9. The summed E-state index contributed by atoms with van der Waals surface area (Å²) < 4.78 is 22.2. The van der Waals surface area contributed by atoms with Crippen molar-refractivity contribution in [3.8, 4) is 0 Å². The van der Waals surface area contributed by atoms with Gasteiger partial charge < -0.3 is 19.5 Å². The highest BCUT2D eigenvalue weighted by molar-refractivity contribution is 7.56. The fraction of sp³-hybridized carbons (Fsp3) is 0.806. The van der Waals surface area contributed by atoms with E-state index in [1.54, 1.807) is 5.57 Å². The molecule has 6 unspecified atom stereocenters. The molecule has 0 radical (unpaired) electrons. The van der Waals surface area contributed by atoms with Crippen LogP contribution < -0.4 is 5.32 Å². The van der Waals surface area contributed by atoms with Gasteiger partial charge in [-0.2, -0.15) is 0 Å². The van der Waals surface area contributed by atoms with E-state index in [0.717, 1.165) is 68.0 Å². The van der Waals surface area contributed by atoms with Gasteiger partial charge >= 0.3 is 13.7 Å². The standard InChI is InChI=1S/C36H60NO5P/c1-7-43(39,40)41-24-11-9-8-10-23-37-34(38)42-29-19-21-35(5)28(25-29)15-16-30-32-18-17-31(27(4)14-12-13-26(2)3)36(32,6)22-20-33(30)35/h7,15-16,26-27,29,31-33H,1,8-14,17-25H2,2-6H3,(H,37,38)(H,39,40)/t27-,29+,31?,32?,33?,35?,36?/m1/s1. The Morgan fingerprint density at radius 2 is 1.81 bits per heavy atom. The molecule has 2 N–H and O–H groups in total. The van der Waals surface area contributed by atoms with E-state index in [0.29, 0.717) is 24.3 Å². The molecule has 4 rings (SSSR count). The number of unbranched alkanes of at least 4 members (excludes halogenated alkanes) is 3. The zero-order valence-corrected chi connectivity index (χ0v) is 28.6. The number of hydrogen-bond donors (Lipinski definition) is 2. The van der Waals surface area contributed by atoms with Crippen LogP contribution in [0, 0.1) is 40.4 Å². The van der Waals surface area contributed by atoms with Crippen LogP contribution in [0.25, 0.3) is 0 Å². The number of allylic oxidation sites excluding steroid dienone is 3. The minimum Gasteiger partial charge on any atom is -0.446 e. The van der Waals surface area contributed by atoms with Crippen LogP contribution in [0.5, 0.6) is 0 Å². The van der Waals surface area contributed by atoms with E-state index < -0.39 is 7.60 Å². The minimum absolute atomic E-state index is 0.0538. The lowest BCUT2D eigenvalue weighted by atomic mass is 9.50. The van der Waals surface area contributed by atoms with Gasteiger partial charge in [0.1, 0.15) is 6.10 Å². The van der Waals surface area contributed by atoms with Crippen LogP contribution in [-0.2, 0) is 13.8 Å². The van der Waals surface area contributed by atoms with Gasteiger partial charge in [0.25, 0.3) is 0 Å². The first kappa shape index (κ1) is 34.5. The van der Waals surface area contributed by atoms with Crippen molar-refractivity contribution in [2.24, 2.45) is 40.4 Å². The molecule has 43 heavy (non-hydrogen) atoms. The summed E-state index contributed by atoms with van der Waals surface area (Å²) in [5, 5.41) is 2.92.